The Morgan fingerprint density at radius 3 is 3.00 bits per heavy atom. The number of rotatable bonds is 2. The van der Waals surface area contributed by atoms with Crippen molar-refractivity contribution in [2.75, 3.05) is 13.2 Å². The lowest BCUT2D eigenvalue weighted by Gasteiger charge is -2.17. The summed E-state index contributed by atoms with van der Waals surface area (Å²) in [5, 5.41) is 0. The number of hydrogen-bond donors (Lipinski definition) is 0. The Labute approximate surface area is 127 Å². The molecule has 0 saturated carbocycles. The zero-order valence-corrected chi connectivity index (χ0v) is 12.3. The van der Waals surface area contributed by atoms with Crippen LogP contribution in [0.25, 0.3) is 16.6 Å². The Balaban J connectivity index is 1.93. The first-order chi connectivity index (χ1) is 10.8. The lowest BCUT2D eigenvalue weighted by molar-refractivity contribution is 0.233. The highest BCUT2D eigenvalue weighted by Gasteiger charge is 2.24. The van der Waals surface area contributed by atoms with Crippen LogP contribution in [0.4, 0.5) is 0 Å². The lowest BCUT2D eigenvalue weighted by atomic mass is 10.1. The van der Waals surface area contributed by atoms with Gasteiger partial charge in [0.1, 0.15) is 18.1 Å². The minimum absolute atomic E-state index is 0.0851. The zero-order chi connectivity index (χ0) is 15.1. The topological polar surface area (TPSA) is 53.4 Å². The van der Waals surface area contributed by atoms with Gasteiger partial charge >= 0.3 is 0 Å². The van der Waals surface area contributed by atoms with E-state index in [9.17, 15) is 4.79 Å². The molecule has 3 heterocycles. The third kappa shape index (κ3) is 1.93. The van der Waals surface area contributed by atoms with E-state index in [0.29, 0.717) is 25.5 Å². The fraction of sp³-hybridized carbons (Fsp3) is 0.294. The molecule has 1 aromatic carbocycles. The van der Waals surface area contributed by atoms with E-state index in [1.54, 1.807) is 4.57 Å². The van der Waals surface area contributed by atoms with Crippen LogP contribution in [0.2, 0.25) is 0 Å². The molecule has 0 aliphatic carbocycles. The van der Waals surface area contributed by atoms with Crippen LogP contribution in [-0.4, -0.2) is 22.8 Å². The summed E-state index contributed by atoms with van der Waals surface area (Å²) < 4.78 is 13.0. The summed E-state index contributed by atoms with van der Waals surface area (Å²) in [6.07, 6.45) is 2.69. The van der Waals surface area contributed by atoms with Gasteiger partial charge in [-0.1, -0.05) is 12.1 Å². The first-order valence-corrected chi connectivity index (χ1v) is 7.47. The molecule has 0 bridgehead atoms. The molecule has 1 aromatic heterocycles. The molecule has 5 heteroatoms. The number of para-hydroxylation sites is 2. The molecule has 0 amide bonds. The van der Waals surface area contributed by atoms with E-state index in [0.717, 1.165) is 34.5 Å². The molecule has 2 aliphatic heterocycles. The Kier molecular flexibility index (Phi) is 2.99. The van der Waals surface area contributed by atoms with Crippen molar-refractivity contribution in [2.45, 2.75) is 19.9 Å². The highest BCUT2D eigenvalue weighted by atomic mass is 16.5. The van der Waals surface area contributed by atoms with Gasteiger partial charge in [-0.05, 0) is 25.1 Å². The predicted octanol–water partition coefficient (Wildman–Crippen LogP) is 2.46. The molecule has 4 rings (SSSR count). The summed E-state index contributed by atoms with van der Waals surface area (Å²) in [6.45, 7) is 3.57. The van der Waals surface area contributed by atoms with Gasteiger partial charge in [0.05, 0.1) is 17.6 Å². The Morgan fingerprint density at radius 2 is 2.14 bits per heavy atom. The molecule has 5 nitrogen and oxygen atoms in total. The molecule has 0 atom stereocenters. The molecule has 0 spiro atoms. The van der Waals surface area contributed by atoms with Crippen molar-refractivity contribution in [1.29, 1.82) is 0 Å². The maximum atomic E-state index is 12.8. The number of hydrogen-bond acceptors (Lipinski definition) is 4. The second-order valence-corrected chi connectivity index (χ2v) is 5.34. The van der Waals surface area contributed by atoms with Crippen LogP contribution in [0, 0.1) is 0 Å². The van der Waals surface area contributed by atoms with Gasteiger partial charge in [0.2, 0.25) is 0 Å². The van der Waals surface area contributed by atoms with Crippen molar-refractivity contribution in [3.63, 3.8) is 0 Å². The Bertz CT molecular complexity index is 877. The van der Waals surface area contributed by atoms with Crippen LogP contribution in [0.5, 0.6) is 0 Å². The van der Waals surface area contributed by atoms with Crippen LogP contribution >= 0.6 is 0 Å². The summed E-state index contributed by atoms with van der Waals surface area (Å²) in [4.78, 5) is 17.3. The van der Waals surface area contributed by atoms with E-state index in [4.69, 9.17) is 9.47 Å². The molecule has 112 valence electrons. The van der Waals surface area contributed by atoms with E-state index < -0.39 is 0 Å². The third-order valence-electron chi connectivity index (χ3n) is 4.04. The number of aryl methyl sites for hydroxylation is 1. The van der Waals surface area contributed by atoms with Gasteiger partial charge < -0.3 is 14.0 Å². The van der Waals surface area contributed by atoms with E-state index in [1.165, 1.54) is 0 Å². The summed E-state index contributed by atoms with van der Waals surface area (Å²) in [5.74, 6) is 1.61. The number of ether oxygens (including phenoxy) is 2. The lowest BCUT2D eigenvalue weighted by Crippen LogP contribution is -2.26. The highest BCUT2D eigenvalue weighted by molar-refractivity contribution is 5.78. The van der Waals surface area contributed by atoms with Crippen molar-refractivity contribution in [1.82, 2.24) is 9.55 Å². The predicted molar refractivity (Wildman–Crippen MR) is 83.2 cm³/mol. The van der Waals surface area contributed by atoms with E-state index >= 15 is 0 Å². The van der Waals surface area contributed by atoms with Crippen molar-refractivity contribution in [3.05, 3.63) is 57.9 Å². The molecule has 0 radical (unpaired) electrons. The quantitative estimate of drug-likeness (QED) is 0.854. The van der Waals surface area contributed by atoms with E-state index in [2.05, 4.69) is 4.98 Å². The smallest absolute Gasteiger partial charge is 0.277 e. The van der Waals surface area contributed by atoms with Gasteiger partial charge in [-0.3, -0.25) is 4.79 Å². The van der Waals surface area contributed by atoms with Crippen LogP contribution in [0.15, 0.2) is 46.7 Å². The fourth-order valence-electron chi connectivity index (χ4n) is 2.94. The summed E-state index contributed by atoms with van der Waals surface area (Å²) in [7, 11) is 0. The van der Waals surface area contributed by atoms with Crippen LogP contribution in [0.1, 0.15) is 19.0 Å². The number of benzene rings is 1. The number of nitrogens with zero attached hydrogens (tertiary/aromatic N) is 2. The van der Waals surface area contributed by atoms with Crippen LogP contribution in [-0.2, 0) is 16.0 Å². The number of aromatic nitrogens is 2. The summed E-state index contributed by atoms with van der Waals surface area (Å²) in [5.41, 5.74) is 2.80. The zero-order valence-electron chi connectivity index (χ0n) is 12.3. The fourth-order valence-corrected chi connectivity index (χ4v) is 2.94. The average molecular weight is 296 g/mol. The molecule has 0 unspecified atom stereocenters. The Hall–Kier alpha value is -2.56. The van der Waals surface area contributed by atoms with Gasteiger partial charge in [0, 0.05) is 18.5 Å². The van der Waals surface area contributed by atoms with E-state index in [1.807, 2.05) is 37.3 Å². The average Bonchev–Trinajstić information content (AvgIpc) is 3.02. The molecule has 0 saturated heterocycles. The van der Waals surface area contributed by atoms with Crippen molar-refractivity contribution < 1.29 is 9.47 Å². The van der Waals surface area contributed by atoms with E-state index in [-0.39, 0.29) is 5.56 Å². The first-order valence-electron chi connectivity index (χ1n) is 7.47. The number of fused-ring (bicyclic) bond motifs is 1. The van der Waals surface area contributed by atoms with Crippen molar-refractivity contribution >= 4 is 16.6 Å². The second-order valence-electron chi connectivity index (χ2n) is 5.34. The number of allylic oxidation sites excluding steroid dienone is 1. The first kappa shape index (κ1) is 13.1. The normalized spacial score (nSPS) is 17.0. The maximum absolute atomic E-state index is 12.8. The second kappa shape index (κ2) is 5.02. The monoisotopic (exact) mass is 296 g/mol. The summed E-state index contributed by atoms with van der Waals surface area (Å²) in [6, 6.07) is 7.69. The SMILES string of the molecule is CCn1c(=O)c(C2=CC3=C(CCO3)OC2)nc2ccccc21. The molecular formula is C17H16N2O3. The molecular weight excluding hydrogens is 280 g/mol. The molecule has 2 aliphatic rings. The highest BCUT2D eigenvalue weighted by Crippen LogP contribution is 2.29. The van der Waals surface area contributed by atoms with Gasteiger partial charge in [0.15, 0.2) is 5.76 Å². The van der Waals surface area contributed by atoms with Crippen LogP contribution in [0.3, 0.4) is 0 Å². The third-order valence-corrected chi connectivity index (χ3v) is 4.04. The minimum Gasteiger partial charge on any atom is -0.490 e. The Morgan fingerprint density at radius 1 is 1.27 bits per heavy atom. The molecule has 0 N–H and O–H groups in total. The molecule has 0 fully saturated rings. The van der Waals surface area contributed by atoms with Crippen molar-refractivity contribution in [2.24, 2.45) is 0 Å². The molecule has 2 aromatic rings. The molecule has 22 heavy (non-hydrogen) atoms. The summed E-state index contributed by atoms with van der Waals surface area (Å²) >= 11 is 0. The van der Waals surface area contributed by atoms with Gasteiger partial charge in [-0.2, -0.15) is 0 Å². The minimum atomic E-state index is -0.0851. The van der Waals surface area contributed by atoms with Gasteiger partial charge in [0.25, 0.3) is 5.56 Å². The van der Waals surface area contributed by atoms with Crippen molar-refractivity contribution in [3.8, 4) is 0 Å². The van der Waals surface area contributed by atoms with Gasteiger partial charge in [-0.25, -0.2) is 4.98 Å². The van der Waals surface area contributed by atoms with Gasteiger partial charge in [-0.15, -0.1) is 0 Å². The largest absolute Gasteiger partial charge is 0.490 e. The standard InChI is InChI=1S/C17H16N2O3/c1-2-19-13-6-4-3-5-12(13)18-16(17(19)20)11-9-15-14(22-10-11)7-8-21-15/h3-6,9H,2,7-8,10H2,1H3. The maximum Gasteiger partial charge on any atom is 0.277 e. The van der Waals surface area contributed by atoms with Crippen LogP contribution < -0.4 is 5.56 Å².